The second-order valence-electron chi connectivity index (χ2n) is 2.85. The van der Waals surface area contributed by atoms with E-state index in [4.69, 9.17) is 0 Å². The zero-order valence-electron chi connectivity index (χ0n) is 9.37. The molecule has 0 N–H and O–H groups in total. The molecule has 0 radical (unpaired) electrons. The molecule has 0 bridgehead atoms. The van der Waals surface area contributed by atoms with Crippen molar-refractivity contribution in [2.45, 2.75) is 27.7 Å². The van der Waals surface area contributed by atoms with E-state index in [9.17, 15) is 4.79 Å². The van der Waals surface area contributed by atoms with Crippen molar-refractivity contribution < 1.29 is 4.79 Å². The molecule has 1 rings (SSSR count). The molecule has 76 valence electrons. The van der Waals surface area contributed by atoms with Crippen molar-refractivity contribution in [2.24, 2.45) is 0 Å². The fraction of sp³-hybridized carbons (Fsp3) is 0.308. The van der Waals surface area contributed by atoms with E-state index in [-0.39, 0.29) is 0 Å². The van der Waals surface area contributed by atoms with Crippen LogP contribution in [0.5, 0.6) is 0 Å². The Morgan fingerprint density at radius 2 is 1.64 bits per heavy atom. The van der Waals surface area contributed by atoms with E-state index in [2.05, 4.69) is 0 Å². The molecule has 14 heavy (non-hydrogen) atoms. The van der Waals surface area contributed by atoms with Crippen LogP contribution in [0.15, 0.2) is 30.3 Å². The molecule has 1 nitrogen and oxygen atoms in total. The number of rotatable bonds is 2. The van der Waals surface area contributed by atoms with Crippen LogP contribution in [0.1, 0.15) is 31.9 Å². The Morgan fingerprint density at radius 1 is 1.14 bits per heavy atom. The Morgan fingerprint density at radius 3 is 2.07 bits per heavy atom. The first-order valence-corrected chi connectivity index (χ1v) is 4.93. The minimum atomic E-state index is 0.815. The molecule has 0 amide bonds. The summed E-state index contributed by atoms with van der Waals surface area (Å²) < 4.78 is 0. The maximum Gasteiger partial charge on any atom is 0.143 e. The van der Waals surface area contributed by atoms with Crippen molar-refractivity contribution in [3.63, 3.8) is 0 Å². The molecular formula is C13H18O. The van der Waals surface area contributed by atoms with E-state index in [1.54, 1.807) is 6.08 Å². The van der Waals surface area contributed by atoms with Gasteiger partial charge in [-0.05, 0) is 31.1 Å². The Hall–Kier alpha value is -1.37. The number of carbonyl (C=O) groups excluding carboxylic acids is 1. The highest BCUT2D eigenvalue weighted by Crippen LogP contribution is 2.13. The highest BCUT2D eigenvalue weighted by atomic mass is 16.1. The lowest BCUT2D eigenvalue weighted by Crippen LogP contribution is -1.80. The van der Waals surface area contributed by atoms with Crippen molar-refractivity contribution in [2.75, 3.05) is 0 Å². The second-order valence-corrected chi connectivity index (χ2v) is 2.85. The van der Waals surface area contributed by atoms with Gasteiger partial charge < -0.3 is 0 Å². The molecule has 1 aromatic carbocycles. The third-order valence-electron chi connectivity index (χ3n) is 1.82. The molecule has 0 aliphatic heterocycles. The molecule has 0 aliphatic carbocycles. The van der Waals surface area contributed by atoms with E-state index in [0.717, 1.165) is 17.4 Å². The average molecular weight is 190 g/mol. The predicted octanol–water partition coefficient (Wildman–Crippen LogP) is 3.62. The zero-order valence-corrected chi connectivity index (χ0v) is 9.37. The summed E-state index contributed by atoms with van der Waals surface area (Å²) >= 11 is 0. The topological polar surface area (TPSA) is 17.1 Å². The molecule has 0 unspecified atom stereocenters. The molecule has 0 spiro atoms. The molecule has 0 atom stereocenters. The van der Waals surface area contributed by atoms with Gasteiger partial charge in [0.15, 0.2) is 0 Å². The number of hydrogen-bond donors (Lipinski definition) is 0. The number of aryl methyl sites for hydroxylation is 1. The van der Waals surface area contributed by atoms with Crippen molar-refractivity contribution in [1.29, 1.82) is 0 Å². The van der Waals surface area contributed by atoms with Gasteiger partial charge in [-0.15, -0.1) is 0 Å². The third kappa shape index (κ3) is 4.04. The second kappa shape index (κ2) is 7.07. The number of allylic oxidation sites excluding steroid dienone is 2. The summed E-state index contributed by atoms with van der Waals surface area (Å²) in [6.07, 6.45) is 2.39. The largest absolute Gasteiger partial charge is 0.299 e. The fourth-order valence-electron chi connectivity index (χ4n) is 1.01. The summed E-state index contributed by atoms with van der Waals surface area (Å²) in [7, 11) is 0. The van der Waals surface area contributed by atoms with Crippen molar-refractivity contribution >= 4 is 11.9 Å². The van der Waals surface area contributed by atoms with E-state index in [1.807, 2.05) is 52.0 Å². The summed E-state index contributed by atoms with van der Waals surface area (Å²) in [5, 5.41) is 0. The number of hydrogen-bond acceptors (Lipinski definition) is 1. The van der Waals surface area contributed by atoms with Crippen molar-refractivity contribution in [3.8, 4) is 0 Å². The van der Waals surface area contributed by atoms with Gasteiger partial charge in [0, 0.05) is 0 Å². The smallest absolute Gasteiger partial charge is 0.143 e. The normalized spacial score (nSPS) is 10.1. The Labute approximate surface area is 86.5 Å². The van der Waals surface area contributed by atoms with Crippen LogP contribution in [0.3, 0.4) is 0 Å². The van der Waals surface area contributed by atoms with Gasteiger partial charge in [-0.3, -0.25) is 4.79 Å². The van der Waals surface area contributed by atoms with Gasteiger partial charge in [0.1, 0.15) is 6.29 Å². The highest BCUT2D eigenvalue weighted by Gasteiger charge is 1.92. The van der Waals surface area contributed by atoms with E-state index in [1.165, 1.54) is 5.56 Å². The fourth-order valence-corrected chi connectivity index (χ4v) is 1.01. The Balaban J connectivity index is 0.000000791. The van der Waals surface area contributed by atoms with Crippen LogP contribution in [0, 0.1) is 6.92 Å². The maximum atomic E-state index is 10.2. The first kappa shape index (κ1) is 12.6. The lowest BCUT2D eigenvalue weighted by atomic mass is 10.1. The first-order chi connectivity index (χ1) is 6.74. The quantitative estimate of drug-likeness (QED) is 0.514. The van der Waals surface area contributed by atoms with Gasteiger partial charge in [-0.2, -0.15) is 0 Å². The number of carbonyl (C=O) groups is 1. The van der Waals surface area contributed by atoms with Gasteiger partial charge in [-0.25, -0.2) is 0 Å². The Bertz CT molecular complexity index is 294. The van der Waals surface area contributed by atoms with Crippen LogP contribution >= 0.6 is 0 Å². The number of aldehydes is 1. The predicted molar refractivity (Wildman–Crippen MR) is 62.2 cm³/mol. The van der Waals surface area contributed by atoms with Gasteiger partial charge >= 0.3 is 0 Å². The third-order valence-corrected chi connectivity index (χ3v) is 1.82. The molecule has 0 fully saturated rings. The van der Waals surface area contributed by atoms with Crippen LogP contribution < -0.4 is 0 Å². The highest BCUT2D eigenvalue weighted by molar-refractivity contribution is 5.80. The minimum absolute atomic E-state index is 0.815. The summed E-state index contributed by atoms with van der Waals surface area (Å²) in [4.78, 5) is 10.2. The molecule has 0 aliphatic rings. The molecule has 0 heterocycles. The molecule has 0 aromatic heterocycles. The average Bonchev–Trinajstić information content (AvgIpc) is 2.22. The van der Waals surface area contributed by atoms with Crippen LogP contribution in [0.4, 0.5) is 0 Å². The maximum absolute atomic E-state index is 10.2. The molecule has 0 saturated carbocycles. The molecule has 0 saturated heterocycles. The standard InChI is InChI=1S/C11H12O.C2H6/c1-9-3-5-11(6-4-9)10(2)7-8-12;1-2/h3-8H,1-2H3;1-2H3/b10-7+;. The van der Waals surface area contributed by atoms with Gasteiger partial charge in [0.05, 0.1) is 0 Å². The number of benzene rings is 1. The van der Waals surface area contributed by atoms with Crippen LogP contribution in [0.25, 0.3) is 5.57 Å². The summed E-state index contributed by atoms with van der Waals surface area (Å²) in [6.45, 7) is 7.97. The molecule has 1 heteroatoms. The Kier molecular flexibility index (Phi) is 6.38. The lowest BCUT2D eigenvalue weighted by Gasteiger charge is -1.99. The van der Waals surface area contributed by atoms with E-state index in [0.29, 0.717) is 0 Å². The molecule has 1 aromatic rings. The SMILES string of the molecule is C/C(=C\C=O)c1ccc(C)cc1.CC. The minimum Gasteiger partial charge on any atom is -0.299 e. The van der Waals surface area contributed by atoms with Gasteiger partial charge in [-0.1, -0.05) is 43.7 Å². The van der Waals surface area contributed by atoms with E-state index < -0.39 is 0 Å². The van der Waals surface area contributed by atoms with E-state index >= 15 is 0 Å². The first-order valence-electron chi connectivity index (χ1n) is 4.93. The monoisotopic (exact) mass is 190 g/mol. The van der Waals surface area contributed by atoms with Crippen LogP contribution in [-0.2, 0) is 4.79 Å². The van der Waals surface area contributed by atoms with Crippen LogP contribution in [0.2, 0.25) is 0 Å². The van der Waals surface area contributed by atoms with Gasteiger partial charge in [0.2, 0.25) is 0 Å². The molecular weight excluding hydrogens is 172 g/mol. The lowest BCUT2D eigenvalue weighted by molar-refractivity contribution is -0.104. The summed E-state index contributed by atoms with van der Waals surface area (Å²) in [5.74, 6) is 0. The van der Waals surface area contributed by atoms with Crippen LogP contribution in [-0.4, -0.2) is 6.29 Å². The van der Waals surface area contributed by atoms with Gasteiger partial charge in [0.25, 0.3) is 0 Å². The van der Waals surface area contributed by atoms with Crippen molar-refractivity contribution in [1.82, 2.24) is 0 Å². The van der Waals surface area contributed by atoms with Crippen molar-refractivity contribution in [3.05, 3.63) is 41.5 Å². The summed E-state index contributed by atoms with van der Waals surface area (Å²) in [6, 6.07) is 8.12. The summed E-state index contributed by atoms with van der Waals surface area (Å²) in [5.41, 5.74) is 3.34. The zero-order chi connectivity index (χ0) is 11.0.